The van der Waals surface area contributed by atoms with E-state index in [1.807, 2.05) is 27.7 Å². The lowest BCUT2D eigenvalue weighted by atomic mass is 10.2. The molecule has 0 spiro atoms. The van der Waals surface area contributed by atoms with Gasteiger partial charge in [-0.3, -0.25) is 4.79 Å². The second kappa shape index (κ2) is 3.72. The van der Waals surface area contributed by atoms with Crippen LogP contribution in [-0.4, -0.2) is 17.6 Å². The molecule has 0 aliphatic heterocycles. The van der Waals surface area contributed by atoms with Crippen molar-refractivity contribution in [2.45, 2.75) is 45.8 Å². The van der Waals surface area contributed by atoms with Crippen LogP contribution in [-0.2, 0) is 9.53 Å². The van der Waals surface area contributed by atoms with Crippen molar-refractivity contribution in [2.75, 3.05) is 0 Å². The van der Waals surface area contributed by atoms with E-state index < -0.39 is 11.6 Å². The van der Waals surface area contributed by atoms with Crippen molar-refractivity contribution in [3.8, 4) is 0 Å². The maximum absolute atomic E-state index is 11.0. The van der Waals surface area contributed by atoms with Crippen LogP contribution in [0.3, 0.4) is 0 Å². The Labute approximate surface area is 67.9 Å². The molecule has 0 aliphatic rings. The van der Waals surface area contributed by atoms with Crippen LogP contribution >= 0.6 is 0 Å². The third-order valence-corrected chi connectivity index (χ3v) is 1.15. The summed E-state index contributed by atoms with van der Waals surface area (Å²) in [4.78, 5) is 11.0. The Kier molecular flexibility index (Phi) is 3.52. The van der Waals surface area contributed by atoms with Gasteiger partial charge < -0.3 is 10.5 Å². The number of nitrogens with two attached hydrogens (primary N) is 1. The molecule has 0 aromatic rings. The fraction of sp³-hybridized carbons (Fsp3) is 0.875. The third-order valence-electron chi connectivity index (χ3n) is 1.15. The summed E-state index contributed by atoms with van der Waals surface area (Å²) in [7, 11) is 0. The molecule has 0 rings (SSSR count). The molecule has 2 N–H and O–H groups in total. The molecule has 0 aromatic carbocycles. The largest absolute Gasteiger partial charge is 0.459 e. The topological polar surface area (TPSA) is 52.3 Å². The first kappa shape index (κ1) is 10.4. The highest BCUT2D eigenvalue weighted by atomic mass is 16.6. The lowest BCUT2D eigenvalue weighted by molar-refractivity contribution is -0.156. The van der Waals surface area contributed by atoms with E-state index in [9.17, 15) is 4.79 Å². The van der Waals surface area contributed by atoms with E-state index in [-0.39, 0.29) is 5.97 Å². The van der Waals surface area contributed by atoms with Crippen LogP contribution < -0.4 is 5.73 Å². The van der Waals surface area contributed by atoms with E-state index in [4.69, 9.17) is 10.5 Å². The van der Waals surface area contributed by atoms with Gasteiger partial charge in [-0.2, -0.15) is 0 Å². The fourth-order valence-corrected chi connectivity index (χ4v) is 0.544. The SMILES string of the molecule is CC[C@H](N)C(=O)OC(C)(C)C. The number of rotatable bonds is 2. The first-order valence-electron chi connectivity index (χ1n) is 3.85. The highest BCUT2D eigenvalue weighted by Crippen LogP contribution is 2.08. The van der Waals surface area contributed by atoms with Gasteiger partial charge in [0, 0.05) is 0 Å². The standard InChI is InChI=1S/C8H17NO2/c1-5-6(9)7(10)11-8(2,3)4/h6H,5,9H2,1-4H3/t6-/m0/s1. The van der Waals surface area contributed by atoms with Crippen molar-refractivity contribution >= 4 is 5.97 Å². The van der Waals surface area contributed by atoms with Gasteiger partial charge in [0.15, 0.2) is 0 Å². The van der Waals surface area contributed by atoms with Crippen LogP contribution in [0.5, 0.6) is 0 Å². The third kappa shape index (κ3) is 4.79. The van der Waals surface area contributed by atoms with Crippen molar-refractivity contribution < 1.29 is 9.53 Å². The van der Waals surface area contributed by atoms with Crippen LogP contribution in [0.15, 0.2) is 0 Å². The van der Waals surface area contributed by atoms with Crippen LogP contribution in [0.25, 0.3) is 0 Å². The normalized spacial score (nSPS) is 14.3. The molecular formula is C8H17NO2. The summed E-state index contributed by atoms with van der Waals surface area (Å²) in [5, 5.41) is 0. The highest BCUT2D eigenvalue weighted by molar-refractivity contribution is 5.75. The molecule has 0 saturated carbocycles. The Morgan fingerprint density at radius 1 is 1.55 bits per heavy atom. The fourth-order valence-electron chi connectivity index (χ4n) is 0.544. The molecule has 0 fully saturated rings. The minimum atomic E-state index is -0.478. The van der Waals surface area contributed by atoms with Gasteiger partial charge in [0.05, 0.1) is 0 Å². The molecule has 66 valence electrons. The van der Waals surface area contributed by atoms with Gasteiger partial charge in [-0.15, -0.1) is 0 Å². The molecular weight excluding hydrogens is 142 g/mol. The molecule has 0 heterocycles. The van der Waals surface area contributed by atoms with Gasteiger partial charge in [-0.25, -0.2) is 0 Å². The molecule has 3 heteroatoms. The van der Waals surface area contributed by atoms with Gasteiger partial charge in [-0.1, -0.05) is 6.92 Å². The summed E-state index contributed by atoms with van der Waals surface area (Å²) in [5.41, 5.74) is 5.02. The summed E-state index contributed by atoms with van der Waals surface area (Å²) >= 11 is 0. The lowest BCUT2D eigenvalue weighted by Gasteiger charge is -2.21. The molecule has 0 amide bonds. The minimum absolute atomic E-state index is 0.319. The van der Waals surface area contributed by atoms with Crippen molar-refractivity contribution in [3.63, 3.8) is 0 Å². The second-order valence-electron chi connectivity index (χ2n) is 3.55. The average Bonchev–Trinajstić information content (AvgIpc) is 1.82. The van der Waals surface area contributed by atoms with Crippen LogP contribution in [0.1, 0.15) is 34.1 Å². The minimum Gasteiger partial charge on any atom is -0.459 e. The Morgan fingerprint density at radius 3 is 2.27 bits per heavy atom. The van der Waals surface area contributed by atoms with E-state index in [0.29, 0.717) is 6.42 Å². The van der Waals surface area contributed by atoms with Gasteiger partial charge in [0.2, 0.25) is 0 Å². The molecule has 3 nitrogen and oxygen atoms in total. The molecule has 11 heavy (non-hydrogen) atoms. The zero-order valence-corrected chi connectivity index (χ0v) is 7.68. The molecule has 1 atom stereocenters. The number of esters is 1. The summed E-state index contributed by atoms with van der Waals surface area (Å²) in [5.74, 6) is -0.319. The van der Waals surface area contributed by atoms with Crippen molar-refractivity contribution in [1.82, 2.24) is 0 Å². The first-order chi connectivity index (χ1) is 4.87. The van der Waals surface area contributed by atoms with Crippen molar-refractivity contribution in [1.29, 1.82) is 0 Å². The second-order valence-corrected chi connectivity index (χ2v) is 3.55. The molecule has 0 bridgehead atoms. The maximum Gasteiger partial charge on any atom is 0.323 e. The van der Waals surface area contributed by atoms with Crippen molar-refractivity contribution in [3.05, 3.63) is 0 Å². The lowest BCUT2D eigenvalue weighted by Crippen LogP contribution is -2.36. The Bertz CT molecular complexity index is 138. The Hall–Kier alpha value is -0.570. The zero-order chi connectivity index (χ0) is 9.07. The summed E-state index contributed by atoms with van der Waals surface area (Å²) in [6.45, 7) is 7.34. The summed E-state index contributed by atoms with van der Waals surface area (Å²) in [6.07, 6.45) is 0.620. The Morgan fingerprint density at radius 2 is 2.00 bits per heavy atom. The number of carbonyl (C=O) groups excluding carboxylic acids is 1. The van der Waals surface area contributed by atoms with Gasteiger partial charge in [-0.05, 0) is 27.2 Å². The number of hydrogen-bond acceptors (Lipinski definition) is 3. The monoisotopic (exact) mass is 159 g/mol. The maximum atomic E-state index is 11.0. The number of carbonyl (C=O) groups is 1. The van der Waals surface area contributed by atoms with E-state index in [1.54, 1.807) is 0 Å². The van der Waals surface area contributed by atoms with Crippen molar-refractivity contribution in [2.24, 2.45) is 5.73 Å². The smallest absolute Gasteiger partial charge is 0.323 e. The predicted octanol–water partition coefficient (Wildman–Crippen LogP) is 1.07. The number of hydrogen-bond donors (Lipinski definition) is 1. The average molecular weight is 159 g/mol. The van der Waals surface area contributed by atoms with E-state index in [0.717, 1.165) is 0 Å². The molecule has 0 unspecified atom stereocenters. The molecule has 0 saturated heterocycles. The van der Waals surface area contributed by atoms with Gasteiger partial charge in [0.25, 0.3) is 0 Å². The summed E-state index contributed by atoms with van der Waals surface area (Å²) < 4.78 is 5.03. The highest BCUT2D eigenvalue weighted by Gasteiger charge is 2.20. The van der Waals surface area contributed by atoms with E-state index >= 15 is 0 Å². The van der Waals surface area contributed by atoms with E-state index in [2.05, 4.69) is 0 Å². The predicted molar refractivity (Wildman–Crippen MR) is 44.1 cm³/mol. The quantitative estimate of drug-likeness (QED) is 0.613. The van der Waals surface area contributed by atoms with E-state index in [1.165, 1.54) is 0 Å². The Balaban J connectivity index is 3.88. The van der Waals surface area contributed by atoms with Crippen LogP contribution in [0, 0.1) is 0 Å². The molecule has 0 aliphatic carbocycles. The summed E-state index contributed by atoms with van der Waals surface area (Å²) in [6, 6.07) is -0.478. The first-order valence-corrected chi connectivity index (χ1v) is 3.85. The van der Waals surface area contributed by atoms with Gasteiger partial charge in [0.1, 0.15) is 11.6 Å². The number of ether oxygens (including phenoxy) is 1. The van der Waals surface area contributed by atoms with Gasteiger partial charge >= 0.3 is 5.97 Å². The molecule has 0 aromatic heterocycles. The molecule has 0 radical (unpaired) electrons. The van der Waals surface area contributed by atoms with Crippen LogP contribution in [0.4, 0.5) is 0 Å². The van der Waals surface area contributed by atoms with Crippen LogP contribution in [0.2, 0.25) is 0 Å². The zero-order valence-electron chi connectivity index (χ0n) is 7.68.